The van der Waals surface area contributed by atoms with Crippen molar-refractivity contribution >= 4 is 9.84 Å². The number of furan rings is 1. The number of hydrogen-bond donors (Lipinski definition) is 1. The zero-order valence-corrected chi connectivity index (χ0v) is 10.8. The lowest BCUT2D eigenvalue weighted by Crippen LogP contribution is -2.34. The molecule has 0 atom stereocenters. The molecule has 92 valence electrons. The van der Waals surface area contributed by atoms with Crippen LogP contribution in [0, 0.1) is 0 Å². The van der Waals surface area contributed by atoms with E-state index in [1.807, 2.05) is 6.07 Å². The van der Waals surface area contributed by atoms with Gasteiger partial charge in [-0.1, -0.05) is 0 Å². The first-order chi connectivity index (χ1) is 7.33. The fourth-order valence-electron chi connectivity index (χ4n) is 1.14. The first kappa shape index (κ1) is 13.3. The molecule has 0 saturated heterocycles. The average molecular weight is 245 g/mol. The van der Waals surface area contributed by atoms with Crippen molar-refractivity contribution in [1.29, 1.82) is 0 Å². The number of nitrogens with one attached hydrogen (secondary N) is 1. The standard InChI is InChI=1S/C11H19NO3S/c1-11(2,3)16(13,14)7-5-12-8-10-4-6-15-9-10/h4,6,9,12H,5,7-8H2,1-3H3. The molecular weight excluding hydrogens is 226 g/mol. The predicted octanol–water partition coefficient (Wildman–Crippen LogP) is 1.58. The maximum atomic E-state index is 11.8. The minimum atomic E-state index is -3.02. The van der Waals surface area contributed by atoms with E-state index < -0.39 is 14.6 Å². The van der Waals surface area contributed by atoms with Gasteiger partial charge in [0.1, 0.15) is 0 Å². The van der Waals surface area contributed by atoms with Crippen LogP contribution in [0.3, 0.4) is 0 Å². The average Bonchev–Trinajstić information content (AvgIpc) is 2.63. The van der Waals surface area contributed by atoms with Crippen molar-refractivity contribution in [2.75, 3.05) is 12.3 Å². The Labute approximate surface area is 97.0 Å². The summed E-state index contributed by atoms with van der Waals surface area (Å²) in [5, 5.41) is 3.08. The van der Waals surface area contributed by atoms with Gasteiger partial charge in [0.2, 0.25) is 0 Å². The maximum absolute atomic E-state index is 11.8. The Balaban J connectivity index is 2.31. The highest BCUT2D eigenvalue weighted by Crippen LogP contribution is 2.15. The Hall–Kier alpha value is -0.810. The molecule has 0 aliphatic carbocycles. The highest BCUT2D eigenvalue weighted by atomic mass is 32.2. The molecule has 0 aromatic carbocycles. The van der Waals surface area contributed by atoms with E-state index in [-0.39, 0.29) is 5.75 Å². The highest BCUT2D eigenvalue weighted by molar-refractivity contribution is 7.92. The van der Waals surface area contributed by atoms with Crippen molar-refractivity contribution in [3.8, 4) is 0 Å². The van der Waals surface area contributed by atoms with Gasteiger partial charge in [-0.25, -0.2) is 8.42 Å². The Bertz CT molecular complexity index is 401. The lowest BCUT2D eigenvalue weighted by molar-refractivity contribution is 0.553. The van der Waals surface area contributed by atoms with E-state index in [0.29, 0.717) is 13.1 Å². The fourth-order valence-corrected chi connectivity index (χ4v) is 2.16. The van der Waals surface area contributed by atoms with Crippen LogP contribution in [0.4, 0.5) is 0 Å². The van der Waals surface area contributed by atoms with E-state index >= 15 is 0 Å². The van der Waals surface area contributed by atoms with Gasteiger partial charge in [0, 0.05) is 18.7 Å². The van der Waals surface area contributed by atoms with Crippen LogP contribution in [0.15, 0.2) is 23.0 Å². The molecule has 0 spiro atoms. The van der Waals surface area contributed by atoms with Crippen LogP contribution in [0.25, 0.3) is 0 Å². The third-order valence-corrected chi connectivity index (χ3v) is 5.00. The number of sulfone groups is 1. The van der Waals surface area contributed by atoms with Gasteiger partial charge in [0.25, 0.3) is 0 Å². The van der Waals surface area contributed by atoms with Crippen LogP contribution in [0.2, 0.25) is 0 Å². The normalized spacial score (nSPS) is 12.9. The SMILES string of the molecule is CC(C)(C)S(=O)(=O)CCNCc1ccoc1. The summed E-state index contributed by atoms with van der Waals surface area (Å²) >= 11 is 0. The van der Waals surface area contributed by atoms with Gasteiger partial charge in [0.15, 0.2) is 9.84 Å². The van der Waals surface area contributed by atoms with Crippen molar-refractivity contribution in [3.05, 3.63) is 24.2 Å². The summed E-state index contributed by atoms with van der Waals surface area (Å²) in [5.41, 5.74) is 1.02. The summed E-state index contributed by atoms with van der Waals surface area (Å²) in [7, 11) is -3.02. The predicted molar refractivity (Wildman–Crippen MR) is 64.0 cm³/mol. The van der Waals surface area contributed by atoms with Gasteiger partial charge in [-0.05, 0) is 26.8 Å². The zero-order chi connectivity index (χ0) is 12.2. The molecule has 1 N–H and O–H groups in total. The summed E-state index contributed by atoms with van der Waals surface area (Å²) in [6, 6.07) is 1.85. The van der Waals surface area contributed by atoms with Crippen LogP contribution in [-0.4, -0.2) is 25.5 Å². The smallest absolute Gasteiger partial charge is 0.156 e. The molecule has 0 saturated carbocycles. The summed E-state index contributed by atoms with van der Waals surface area (Å²) in [4.78, 5) is 0. The summed E-state index contributed by atoms with van der Waals surface area (Å²) in [6.45, 7) is 6.26. The van der Waals surface area contributed by atoms with E-state index in [0.717, 1.165) is 5.56 Å². The van der Waals surface area contributed by atoms with Crippen molar-refractivity contribution in [2.45, 2.75) is 32.1 Å². The van der Waals surface area contributed by atoms with Crippen molar-refractivity contribution in [1.82, 2.24) is 5.32 Å². The Morgan fingerprint density at radius 1 is 1.38 bits per heavy atom. The molecule has 5 heteroatoms. The van der Waals surface area contributed by atoms with E-state index in [1.165, 1.54) is 0 Å². The van der Waals surface area contributed by atoms with Gasteiger partial charge in [-0.15, -0.1) is 0 Å². The molecule has 4 nitrogen and oxygen atoms in total. The summed E-state index contributed by atoms with van der Waals surface area (Å²) in [5.74, 6) is 0.161. The Kier molecular flexibility index (Phi) is 4.15. The van der Waals surface area contributed by atoms with Crippen LogP contribution in [0.1, 0.15) is 26.3 Å². The van der Waals surface area contributed by atoms with Crippen molar-refractivity contribution in [2.24, 2.45) is 0 Å². The monoisotopic (exact) mass is 245 g/mol. The molecule has 0 radical (unpaired) electrons. The van der Waals surface area contributed by atoms with E-state index in [2.05, 4.69) is 5.32 Å². The van der Waals surface area contributed by atoms with Gasteiger partial charge >= 0.3 is 0 Å². The third kappa shape index (κ3) is 3.64. The molecule has 0 unspecified atom stereocenters. The topological polar surface area (TPSA) is 59.3 Å². The van der Waals surface area contributed by atoms with Gasteiger partial charge in [-0.2, -0.15) is 0 Å². The summed E-state index contributed by atoms with van der Waals surface area (Å²) < 4.78 is 27.7. The van der Waals surface area contributed by atoms with Gasteiger partial charge in [-0.3, -0.25) is 0 Å². The van der Waals surface area contributed by atoms with E-state index in [4.69, 9.17) is 4.42 Å². The molecule has 1 heterocycles. The first-order valence-corrected chi connectivity index (χ1v) is 6.92. The molecule has 0 amide bonds. The van der Waals surface area contributed by atoms with E-state index in [9.17, 15) is 8.42 Å². The first-order valence-electron chi connectivity index (χ1n) is 5.27. The second-order valence-corrected chi connectivity index (χ2v) is 7.60. The molecule has 0 aliphatic heterocycles. The molecule has 16 heavy (non-hydrogen) atoms. The Morgan fingerprint density at radius 2 is 2.06 bits per heavy atom. The quantitative estimate of drug-likeness (QED) is 0.800. The van der Waals surface area contributed by atoms with Crippen LogP contribution in [0.5, 0.6) is 0 Å². The molecule has 1 rings (SSSR count). The lowest BCUT2D eigenvalue weighted by Gasteiger charge is -2.19. The Morgan fingerprint density at radius 3 is 2.56 bits per heavy atom. The largest absolute Gasteiger partial charge is 0.472 e. The zero-order valence-electron chi connectivity index (χ0n) is 9.99. The minimum absolute atomic E-state index is 0.161. The van der Waals surface area contributed by atoms with Crippen LogP contribution < -0.4 is 5.32 Å². The summed E-state index contributed by atoms with van der Waals surface area (Å²) in [6.07, 6.45) is 3.24. The van der Waals surface area contributed by atoms with Crippen LogP contribution in [-0.2, 0) is 16.4 Å². The van der Waals surface area contributed by atoms with Crippen molar-refractivity contribution < 1.29 is 12.8 Å². The van der Waals surface area contributed by atoms with Crippen LogP contribution >= 0.6 is 0 Å². The highest BCUT2D eigenvalue weighted by Gasteiger charge is 2.27. The lowest BCUT2D eigenvalue weighted by atomic mass is 10.3. The maximum Gasteiger partial charge on any atom is 0.156 e. The number of rotatable bonds is 5. The third-order valence-electron chi connectivity index (χ3n) is 2.39. The molecule has 1 aromatic heterocycles. The molecule has 0 fully saturated rings. The number of hydrogen-bond acceptors (Lipinski definition) is 4. The molecular formula is C11H19NO3S. The second-order valence-electron chi connectivity index (χ2n) is 4.74. The second kappa shape index (κ2) is 5.01. The molecule has 0 bridgehead atoms. The fraction of sp³-hybridized carbons (Fsp3) is 0.636. The van der Waals surface area contributed by atoms with E-state index in [1.54, 1.807) is 33.3 Å². The van der Waals surface area contributed by atoms with Gasteiger partial charge in [0.05, 0.1) is 23.0 Å². The van der Waals surface area contributed by atoms with Crippen molar-refractivity contribution in [3.63, 3.8) is 0 Å². The molecule has 1 aromatic rings. The molecule has 0 aliphatic rings. The van der Waals surface area contributed by atoms with Gasteiger partial charge < -0.3 is 9.73 Å². The minimum Gasteiger partial charge on any atom is -0.472 e.